The normalized spacial score (nSPS) is 15.0. The van der Waals surface area contributed by atoms with Crippen LogP contribution < -0.4 is 10.6 Å². The van der Waals surface area contributed by atoms with E-state index in [2.05, 4.69) is 15.4 Å². The molecule has 0 unspecified atom stereocenters. The van der Waals surface area contributed by atoms with Gasteiger partial charge in [0, 0.05) is 5.92 Å². The molecule has 37 heavy (non-hydrogen) atoms. The maximum Gasteiger partial charge on any atom is 0.407 e. The molecule has 0 aromatic heterocycles. The van der Waals surface area contributed by atoms with Crippen LogP contribution in [0.4, 0.5) is 4.79 Å². The number of amides is 2. The highest BCUT2D eigenvalue weighted by atomic mass is 16.6. The van der Waals surface area contributed by atoms with E-state index in [-0.39, 0.29) is 12.5 Å². The second kappa shape index (κ2) is 11.6. The summed E-state index contributed by atoms with van der Waals surface area (Å²) in [4.78, 5) is 49.9. The molecule has 0 spiro atoms. The number of Topliss-reactive ketones (excluding diaryl/α,β-unsaturated/α-hetero) is 1. The fraction of sp³-hybridized carbons (Fsp3) is 0.429. The summed E-state index contributed by atoms with van der Waals surface area (Å²) in [6, 6.07) is 13.1. The Morgan fingerprint density at radius 2 is 1.46 bits per heavy atom. The Hall–Kier alpha value is -3.72. The maximum absolute atomic E-state index is 13.1. The molecule has 9 nitrogen and oxygen atoms in total. The zero-order valence-electron chi connectivity index (χ0n) is 22.0. The monoisotopic (exact) mass is 510 g/mol. The number of ketones is 1. The van der Waals surface area contributed by atoms with Gasteiger partial charge in [0.25, 0.3) is 0 Å². The van der Waals surface area contributed by atoms with E-state index in [1.165, 1.54) is 0 Å². The van der Waals surface area contributed by atoms with Crippen LogP contribution in [-0.4, -0.2) is 61.3 Å². The van der Waals surface area contributed by atoms with Crippen LogP contribution in [-0.2, 0) is 28.6 Å². The predicted molar refractivity (Wildman–Crippen MR) is 137 cm³/mol. The second-order valence-corrected chi connectivity index (χ2v) is 9.96. The highest BCUT2D eigenvalue weighted by Gasteiger charge is 2.36. The molecule has 0 radical (unpaired) electrons. The maximum atomic E-state index is 13.1. The largest absolute Gasteiger partial charge is 0.467 e. The molecular formula is C28H34N2O7. The second-order valence-electron chi connectivity index (χ2n) is 9.96. The van der Waals surface area contributed by atoms with Gasteiger partial charge in [0.1, 0.15) is 12.6 Å². The van der Waals surface area contributed by atoms with Crippen molar-refractivity contribution < 1.29 is 33.4 Å². The first-order valence-corrected chi connectivity index (χ1v) is 12.1. The number of carbonyl (C=O) groups is 4. The van der Waals surface area contributed by atoms with Crippen molar-refractivity contribution in [3.05, 3.63) is 59.7 Å². The topological polar surface area (TPSA) is 120 Å². The quantitative estimate of drug-likeness (QED) is 0.392. The van der Waals surface area contributed by atoms with Gasteiger partial charge >= 0.3 is 12.1 Å². The summed E-state index contributed by atoms with van der Waals surface area (Å²) in [5, 5.41) is 4.90. The molecule has 0 saturated heterocycles. The van der Waals surface area contributed by atoms with Gasteiger partial charge in [-0.2, -0.15) is 0 Å². The van der Waals surface area contributed by atoms with Crippen LogP contribution in [0.15, 0.2) is 48.5 Å². The third kappa shape index (κ3) is 6.74. The number of nitrogens with one attached hydrogen (secondary N) is 2. The van der Waals surface area contributed by atoms with Crippen molar-refractivity contribution in [2.24, 2.45) is 0 Å². The van der Waals surface area contributed by atoms with E-state index in [0.717, 1.165) is 36.3 Å². The van der Waals surface area contributed by atoms with Gasteiger partial charge < -0.3 is 24.8 Å². The fourth-order valence-electron chi connectivity index (χ4n) is 4.47. The van der Waals surface area contributed by atoms with Gasteiger partial charge in [0.05, 0.1) is 18.8 Å². The average molecular weight is 511 g/mol. The lowest BCUT2D eigenvalue weighted by molar-refractivity contribution is -0.149. The van der Waals surface area contributed by atoms with Gasteiger partial charge in [-0.3, -0.25) is 9.59 Å². The SMILES string of the molecule is COC(=O)[C@@H](NC(=O)[C@@H](NC(=O)OCC1c2ccccc2-c2ccccc21)[C@@H](C)OC(C)(C)C)C(C)=O. The van der Waals surface area contributed by atoms with Crippen LogP contribution in [0.5, 0.6) is 0 Å². The number of rotatable bonds is 9. The van der Waals surface area contributed by atoms with Crippen LogP contribution in [0.25, 0.3) is 11.1 Å². The number of methoxy groups -OCH3 is 1. The molecule has 9 heteroatoms. The van der Waals surface area contributed by atoms with Crippen molar-refractivity contribution in [2.75, 3.05) is 13.7 Å². The Balaban J connectivity index is 1.75. The number of fused-ring (bicyclic) bond motifs is 3. The molecule has 2 amide bonds. The summed E-state index contributed by atoms with van der Waals surface area (Å²) < 4.78 is 16.1. The number of ether oxygens (including phenoxy) is 3. The molecule has 2 aromatic carbocycles. The van der Waals surface area contributed by atoms with Gasteiger partial charge in [0.2, 0.25) is 5.91 Å². The van der Waals surface area contributed by atoms with Crippen LogP contribution in [0.2, 0.25) is 0 Å². The van der Waals surface area contributed by atoms with E-state index in [1.54, 1.807) is 27.7 Å². The predicted octanol–water partition coefficient (Wildman–Crippen LogP) is 3.34. The van der Waals surface area contributed by atoms with E-state index in [4.69, 9.17) is 9.47 Å². The van der Waals surface area contributed by atoms with Crippen molar-refractivity contribution in [1.82, 2.24) is 10.6 Å². The summed E-state index contributed by atoms with van der Waals surface area (Å²) in [6.07, 6.45) is -1.64. The lowest BCUT2D eigenvalue weighted by Crippen LogP contribution is -2.58. The van der Waals surface area contributed by atoms with Crippen molar-refractivity contribution in [1.29, 1.82) is 0 Å². The molecule has 0 fully saturated rings. The number of benzene rings is 2. The minimum absolute atomic E-state index is 0.0565. The number of hydrogen-bond donors (Lipinski definition) is 2. The number of esters is 1. The lowest BCUT2D eigenvalue weighted by Gasteiger charge is -2.31. The molecule has 2 N–H and O–H groups in total. The van der Waals surface area contributed by atoms with Gasteiger partial charge in [-0.25, -0.2) is 9.59 Å². The molecule has 0 saturated carbocycles. The Morgan fingerprint density at radius 3 is 1.95 bits per heavy atom. The third-order valence-corrected chi connectivity index (χ3v) is 6.04. The minimum atomic E-state index is -1.51. The van der Waals surface area contributed by atoms with Crippen molar-refractivity contribution in [3.63, 3.8) is 0 Å². The van der Waals surface area contributed by atoms with Crippen molar-refractivity contribution >= 4 is 23.8 Å². The minimum Gasteiger partial charge on any atom is -0.467 e. The smallest absolute Gasteiger partial charge is 0.407 e. The van der Waals surface area contributed by atoms with E-state index in [9.17, 15) is 19.2 Å². The van der Waals surface area contributed by atoms with Crippen LogP contribution in [0.1, 0.15) is 51.7 Å². The van der Waals surface area contributed by atoms with E-state index in [1.807, 2.05) is 48.5 Å². The molecule has 1 aliphatic carbocycles. The molecule has 0 aliphatic heterocycles. The number of hydrogen-bond acceptors (Lipinski definition) is 7. The Labute approximate surface area is 216 Å². The molecular weight excluding hydrogens is 476 g/mol. The van der Waals surface area contributed by atoms with Crippen molar-refractivity contribution in [3.8, 4) is 11.1 Å². The summed E-state index contributed by atoms with van der Waals surface area (Å²) >= 11 is 0. The molecule has 3 rings (SSSR count). The van der Waals surface area contributed by atoms with E-state index in [0.29, 0.717) is 0 Å². The zero-order valence-corrected chi connectivity index (χ0v) is 22.0. The Bertz CT molecular complexity index is 1130. The zero-order chi connectivity index (χ0) is 27.3. The van der Waals surface area contributed by atoms with Crippen LogP contribution >= 0.6 is 0 Å². The van der Waals surface area contributed by atoms with E-state index >= 15 is 0 Å². The Kier molecular flexibility index (Phi) is 8.70. The summed E-state index contributed by atoms with van der Waals surface area (Å²) in [5.74, 6) is -2.46. The molecule has 198 valence electrons. The first-order valence-electron chi connectivity index (χ1n) is 12.1. The van der Waals surface area contributed by atoms with E-state index < -0.39 is 47.5 Å². The first-order chi connectivity index (χ1) is 17.4. The molecule has 3 atom stereocenters. The average Bonchev–Trinajstić information content (AvgIpc) is 3.16. The Morgan fingerprint density at radius 1 is 0.919 bits per heavy atom. The number of carbonyl (C=O) groups excluding carboxylic acids is 4. The van der Waals surface area contributed by atoms with Gasteiger partial charge in [-0.05, 0) is 56.9 Å². The van der Waals surface area contributed by atoms with Gasteiger partial charge in [0.15, 0.2) is 11.8 Å². The molecule has 2 aromatic rings. The first kappa shape index (κ1) is 27.9. The van der Waals surface area contributed by atoms with Crippen LogP contribution in [0, 0.1) is 0 Å². The van der Waals surface area contributed by atoms with Gasteiger partial charge in [-0.15, -0.1) is 0 Å². The molecule has 1 aliphatic rings. The third-order valence-electron chi connectivity index (χ3n) is 6.04. The summed E-state index contributed by atoms with van der Waals surface area (Å²) in [6.45, 7) is 8.24. The lowest BCUT2D eigenvalue weighted by atomic mass is 9.98. The van der Waals surface area contributed by atoms with Crippen LogP contribution in [0.3, 0.4) is 0 Å². The molecule has 0 heterocycles. The fourth-order valence-corrected chi connectivity index (χ4v) is 4.47. The highest BCUT2D eigenvalue weighted by Crippen LogP contribution is 2.44. The summed E-state index contributed by atoms with van der Waals surface area (Å²) in [7, 11) is 1.11. The highest BCUT2D eigenvalue weighted by molar-refractivity contribution is 6.05. The molecule has 0 bridgehead atoms. The van der Waals surface area contributed by atoms with Crippen molar-refractivity contribution in [2.45, 2.75) is 64.3 Å². The number of alkyl carbamates (subject to hydrolysis) is 1. The van der Waals surface area contributed by atoms with Gasteiger partial charge in [-0.1, -0.05) is 48.5 Å². The standard InChI is InChI=1S/C28H34N2O7/c1-16(31)23(26(33)35-6)29-25(32)24(17(2)37-28(3,4)5)30-27(34)36-15-22-20-13-9-7-11-18(20)19-12-8-10-14-21(19)22/h7-14,17,22-24H,15H2,1-6H3,(H,29,32)(H,30,34)/t17-,23+,24+/m1/s1. The summed E-state index contributed by atoms with van der Waals surface area (Å²) in [5.41, 5.74) is 3.66.